The number of carbonyl (C=O) groups excluding carboxylic acids is 1. The van der Waals surface area contributed by atoms with Gasteiger partial charge >= 0.3 is 0 Å². The van der Waals surface area contributed by atoms with Crippen LogP contribution in [0.5, 0.6) is 0 Å². The van der Waals surface area contributed by atoms with Crippen LogP contribution in [0, 0.1) is 0 Å². The molecule has 0 radical (unpaired) electrons. The molecule has 0 unspecified atom stereocenters. The van der Waals surface area contributed by atoms with Crippen LogP contribution >= 0.6 is 91.3 Å². The second kappa shape index (κ2) is 10.2. The van der Waals surface area contributed by atoms with Crippen LogP contribution in [-0.2, 0) is 14.8 Å². The molecule has 2 aromatic rings. The summed E-state index contributed by atoms with van der Waals surface area (Å²) in [6, 6.07) is 12.5. The first-order valence-corrected chi connectivity index (χ1v) is 13.9. The molecule has 0 N–H and O–H groups in total. The smallest absolute Gasteiger partial charge is 0.284 e. The average molecular weight is 779 g/mol. The van der Waals surface area contributed by atoms with Crippen LogP contribution in [0.15, 0.2) is 85.2 Å². The van der Waals surface area contributed by atoms with E-state index in [0.717, 1.165) is 4.47 Å². The Morgan fingerprint density at radius 1 is 0.774 bits per heavy atom. The van der Waals surface area contributed by atoms with E-state index >= 15 is 0 Å². The van der Waals surface area contributed by atoms with E-state index in [-0.39, 0.29) is 31.2 Å². The number of hydrogen-bond donors (Lipinski definition) is 0. The number of amidine groups is 1. The summed E-state index contributed by atoms with van der Waals surface area (Å²) in [6.45, 7) is 0. The van der Waals surface area contributed by atoms with Crippen molar-refractivity contribution in [1.29, 1.82) is 0 Å². The van der Waals surface area contributed by atoms with Crippen molar-refractivity contribution in [3.63, 3.8) is 0 Å². The van der Waals surface area contributed by atoms with E-state index in [1.54, 1.807) is 36.4 Å². The van der Waals surface area contributed by atoms with Gasteiger partial charge in [0, 0.05) is 15.1 Å². The number of nitrogens with zero attached hydrogens (tertiary/aromatic N) is 2. The Hall–Kier alpha value is -0.430. The van der Waals surface area contributed by atoms with Crippen molar-refractivity contribution in [2.45, 2.75) is 4.90 Å². The molecule has 0 saturated heterocycles. The molecule has 0 atom stereocenters. The van der Waals surface area contributed by atoms with Gasteiger partial charge in [0.15, 0.2) is 5.84 Å². The largest absolute Gasteiger partial charge is 0.287 e. The van der Waals surface area contributed by atoms with Gasteiger partial charge in [-0.2, -0.15) is 8.42 Å². The standard InChI is InChI=1S/C19H8Br5ClN2O3S/c20-10-3-7-12(8-4-10)31(29,30)27-19(9-1-5-11(25)6-2-9)26-17-13(21)15(23)18(28)16(24)14(17)22/h1-8H/b27-19+. The molecule has 160 valence electrons. The highest BCUT2D eigenvalue weighted by Gasteiger charge is 2.29. The second-order valence-electron chi connectivity index (χ2n) is 5.90. The fraction of sp³-hybridized carbons (Fsp3) is 0. The Kier molecular flexibility index (Phi) is 8.32. The van der Waals surface area contributed by atoms with Crippen molar-refractivity contribution in [2.24, 2.45) is 9.39 Å². The van der Waals surface area contributed by atoms with Gasteiger partial charge in [0.05, 0.1) is 28.5 Å². The lowest BCUT2D eigenvalue weighted by atomic mass is 10.1. The molecule has 1 aliphatic carbocycles. The quantitative estimate of drug-likeness (QED) is 0.187. The third-order valence-corrected chi connectivity index (χ3v) is 10.0. The van der Waals surface area contributed by atoms with Crippen molar-refractivity contribution in [2.75, 3.05) is 0 Å². The maximum absolute atomic E-state index is 13.0. The number of hydrogen-bond acceptors (Lipinski definition) is 3. The van der Waals surface area contributed by atoms with E-state index in [1.807, 2.05) is 0 Å². The Balaban J connectivity index is 2.24. The molecule has 0 aromatic heterocycles. The number of sulfonamides is 1. The summed E-state index contributed by atoms with van der Waals surface area (Å²) in [5.41, 5.74) is 0.695. The van der Waals surface area contributed by atoms with Crippen LogP contribution in [0.1, 0.15) is 5.56 Å². The summed E-state index contributed by atoms with van der Waals surface area (Å²) in [6.07, 6.45) is 0. The summed E-state index contributed by atoms with van der Waals surface area (Å²) >= 11 is 22.4. The average Bonchev–Trinajstić information content (AvgIpc) is 2.74. The number of aliphatic imine (C=N–C) groups is 1. The number of halogens is 6. The van der Waals surface area contributed by atoms with E-state index in [1.165, 1.54) is 12.1 Å². The van der Waals surface area contributed by atoms with Gasteiger partial charge in [0.2, 0.25) is 5.78 Å². The predicted molar refractivity (Wildman–Crippen MR) is 142 cm³/mol. The second-order valence-corrected chi connectivity index (χ2v) is 12.0. The zero-order chi connectivity index (χ0) is 22.9. The molecule has 31 heavy (non-hydrogen) atoms. The molecule has 0 saturated carbocycles. The third kappa shape index (κ3) is 5.74. The third-order valence-electron chi connectivity index (χ3n) is 3.84. The lowest BCUT2D eigenvalue weighted by Crippen LogP contribution is -2.17. The Morgan fingerprint density at radius 3 is 1.81 bits per heavy atom. The highest BCUT2D eigenvalue weighted by atomic mass is 79.9. The van der Waals surface area contributed by atoms with E-state index in [2.05, 4.69) is 89.0 Å². The van der Waals surface area contributed by atoms with Gasteiger partial charge in [0.1, 0.15) is 0 Å². The zero-order valence-electron chi connectivity index (χ0n) is 14.9. The predicted octanol–water partition coefficient (Wildman–Crippen LogP) is 7.26. The Morgan fingerprint density at radius 2 is 1.29 bits per heavy atom. The summed E-state index contributed by atoms with van der Waals surface area (Å²) in [5, 5.41) is 0.474. The maximum atomic E-state index is 13.0. The van der Waals surface area contributed by atoms with Gasteiger partial charge in [-0.1, -0.05) is 27.5 Å². The van der Waals surface area contributed by atoms with E-state index < -0.39 is 10.0 Å². The highest BCUT2D eigenvalue weighted by molar-refractivity contribution is 9.16. The van der Waals surface area contributed by atoms with Crippen LogP contribution in [0.25, 0.3) is 0 Å². The highest BCUT2D eigenvalue weighted by Crippen LogP contribution is 2.37. The molecule has 0 bridgehead atoms. The van der Waals surface area contributed by atoms with Gasteiger partial charge in [-0.25, -0.2) is 4.99 Å². The van der Waals surface area contributed by atoms with Crippen molar-refractivity contribution in [3.8, 4) is 0 Å². The molecule has 0 heterocycles. The summed E-state index contributed by atoms with van der Waals surface area (Å²) in [4.78, 5) is 16.7. The molecule has 2 aromatic carbocycles. The fourth-order valence-corrected chi connectivity index (χ4v) is 5.90. The first kappa shape index (κ1) is 25.2. The fourth-order valence-electron chi connectivity index (χ4n) is 2.31. The molecule has 0 spiro atoms. The molecule has 3 rings (SSSR count). The zero-order valence-corrected chi connectivity index (χ0v) is 24.4. The molecule has 0 fully saturated rings. The van der Waals surface area contributed by atoms with Crippen LogP contribution < -0.4 is 0 Å². The molecule has 1 aliphatic rings. The molecule has 5 nitrogen and oxygen atoms in total. The monoisotopic (exact) mass is 774 g/mol. The Labute approximate surface area is 225 Å². The van der Waals surface area contributed by atoms with E-state index in [4.69, 9.17) is 11.6 Å². The molecule has 0 aliphatic heterocycles. The minimum absolute atomic E-state index is 0.00719. The maximum Gasteiger partial charge on any atom is 0.284 e. The van der Waals surface area contributed by atoms with E-state index in [9.17, 15) is 13.2 Å². The van der Waals surface area contributed by atoms with Gasteiger partial charge in [-0.05, 0) is 112 Å². The first-order chi connectivity index (χ1) is 14.5. The van der Waals surface area contributed by atoms with Gasteiger partial charge in [0.25, 0.3) is 10.0 Å². The van der Waals surface area contributed by atoms with Crippen LogP contribution in [-0.4, -0.2) is 25.7 Å². The molecule has 12 heteroatoms. The normalized spacial score (nSPS) is 15.6. The first-order valence-electron chi connectivity index (χ1n) is 8.12. The molecular weight excluding hydrogens is 771 g/mol. The van der Waals surface area contributed by atoms with Crippen LogP contribution in [0.3, 0.4) is 0 Å². The minimum Gasteiger partial charge on any atom is -0.287 e. The molecule has 0 amide bonds. The summed E-state index contributed by atoms with van der Waals surface area (Å²) in [7, 11) is -4.08. The van der Waals surface area contributed by atoms with Crippen LogP contribution in [0.4, 0.5) is 0 Å². The summed E-state index contributed by atoms with van der Waals surface area (Å²) < 4.78 is 31.8. The number of rotatable bonds is 3. The van der Waals surface area contributed by atoms with Crippen molar-refractivity contribution in [1.82, 2.24) is 0 Å². The van der Waals surface area contributed by atoms with E-state index in [0.29, 0.717) is 19.6 Å². The molecular formula is C19H8Br5ClN2O3S. The van der Waals surface area contributed by atoms with Gasteiger partial charge < -0.3 is 0 Å². The number of Topliss-reactive ketones (excluding diaryl/α,β-unsaturated/α-hetero) is 1. The minimum atomic E-state index is -4.08. The van der Waals surface area contributed by atoms with Crippen LogP contribution in [0.2, 0.25) is 5.02 Å². The summed E-state index contributed by atoms with van der Waals surface area (Å²) in [5.74, 6) is -0.386. The van der Waals surface area contributed by atoms with Gasteiger partial charge in [-0.3, -0.25) is 4.79 Å². The number of ketones is 1. The number of allylic oxidation sites excluding steroid dienone is 4. The lowest BCUT2D eigenvalue weighted by Gasteiger charge is -2.15. The van der Waals surface area contributed by atoms with Gasteiger partial charge in [-0.15, -0.1) is 4.40 Å². The van der Waals surface area contributed by atoms with Crippen molar-refractivity contribution < 1.29 is 13.2 Å². The topological polar surface area (TPSA) is 75.9 Å². The van der Waals surface area contributed by atoms with Crippen molar-refractivity contribution in [3.05, 3.63) is 81.5 Å². The lowest BCUT2D eigenvalue weighted by molar-refractivity contribution is -0.110. The Bertz CT molecular complexity index is 1270. The number of benzene rings is 2. The van der Waals surface area contributed by atoms with Crippen molar-refractivity contribution >= 4 is 119 Å². The number of carbonyl (C=O) groups is 1. The SMILES string of the molecule is O=C1C(Br)=C(Br)C(=N/C(=N/S(=O)(=O)c2ccc(Br)cc2)c2ccc(Cl)cc2)C(Br)=C1Br.